The predicted octanol–water partition coefficient (Wildman–Crippen LogP) is 2.30. The third kappa shape index (κ3) is 1.35. The number of hydrogen-bond acceptors (Lipinski definition) is 2. The van der Waals surface area contributed by atoms with Gasteiger partial charge in [0.05, 0.1) is 6.54 Å². The van der Waals surface area contributed by atoms with Crippen molar-refractivity contribution in [3.05, 3.63) is 35.4 Å². The zero-order valence-electron chi connectivity index (χ0n) is 8.62. The summed E-state index contributed by atoms with van der Waals surface area (Å²) in [7, 11) is 0. The Bertz CT molecular complexity index is 388. The van der Waals surface area contributed by atoms with Gasteiger partial charge in [0, 0.05) is 5.54 Å². The Hall–Kier alpha value is -1.49. The highest BCUT2D eigenvalue weighted by Gasteiger charge is 2.31. The zero-order valence-corrected chi connectivity index (χ0v) is 8.62. The highest BCUT2D eigenvalue weighted by Crippen LogP contribution is 2.29. The maximum Gasteiger partial charge on any atom is 0.180 e. The van der Waals surface area contributed by atoms with Gasteiger partial charge in [0.1, 0.15) is 0 Å². The van der Waals surface area contributed by atoms with Gasteiger partial charge in [0.25, 0.3) is 0 Å². The van der Waals surface area contributed by atoms with Crippen molar-refractivity contribution in [3.63, 3.8) is 0 Å². The van der Waals surface area contributed by atoms with E-state index in [1.807, 2.05) is 11.0 Å². The van der Waals surface area contributed by atoms with Gasteiger partial charge in [-0.25, -0.2) is 0 Å². The molecule has 0 fully saturated rings. The Morgan fingerprint density at radius 2 is 1.93 bits per heavy atom. The van der Waals surface area contributed by atoms with E-state index in [0.29, 0.717) is 0 Å². The Kier molecular flexibility index (Phi) is 1.96. The molecule has 0 spiro atoms. The molecule has 0 saturated heterocycles. The van der Waals surface area contributed by atoms with Gasteiger partial charge in [-0.1, -0.05) is 24.3 Å². The van der Waals surface area contributed by atoms with Gasteiger partial charge in [-0.05, 0) is 31.4 Å². The van der Waals surface area contributed by atoms with Crippen molar-refractivity contribution in [1.29, 1.82) is 5.26 Å². The average Bonchev–Trinajstić information content (AvgIpc) is 2.15. The molecule has 0 bridgehead atoms. The second-order valence-corrected chi connectivity index (χ2v) is 4.44. The van der Waals surface area contributed by atoms with Gasteiger partial charge in [0.15, 0.2) is 6.19 Å². The fourth-order valence-electron chi connectivity index (χ4n) is 2.00. The summed E-state index contributed by atoms with van der Waals surface area (Å²) < 4.78 is 0. The summed E-state index contributed by atoms with van der Waals surface area (Å²) in [6, 6.07) is 8.37. The molecule has 0 unspecified atom stereocenters. The van der Waals surface area contributed by atoms with E-state index in [9.17, 15) is 0 Å². The lowest BCUT2D eigenvalue weighted by Crippen LogP contribution is -2.45. The summed E-state index contributed by atoms with van der Waals surface area (Å²) in [4.78, 5) is 1.86. The Morgan fingerprint density at radius 1 is 1.29 bits per heavy atom. The van der Waals surface area contributed by atoms with Crippen molar-refractivity contribution in [3.8, 4) is 6.19 Å². The summed E-state index contributed by atoms with van der Waals surface area (Å²) in [5.41, 5.74) is 2.63. The molecule has 72 valence electrons. The van der Waals surface area contributed by atoms with E-state index in [0.717, 1.165) is 13.0 Å². The number of rotatable bonds is 0. The smallest absolute Gasteiger partial charge is 0.180 e. The molecule has 1 aliphatic heterocycles. The molecular weight excluding hydrogens is 172 g/mol. The van der Waals surface area contributed by atoms with Crippen LogP contribution in [0.15, 0.2) is 24.3 Å². The Morgan fingerprint density at radius 3 is 2.57 bits per heavy atom. The highest BCUT2D eigenvalue weighted by atomic mass is 15.2. The third-order valence-electron chi connectivity index (χ3n) is 2.92. The van der Waals surface area contributed by atoms with Crippen LogP contribution < -0.4 is 0 Å². The van der Waals surface area contributed by atoms with E-state index < -0.39 is 0 Å². The molecule has 0 atom stereocenters. The largest absolute Gasteiger partial charge is 0.300 e. The van der Waals surface area contributed by atoms with E-state index in [4.69, 9.17) is 5.26 Å². The van der Waals surface area contributed by atoms with E-state index in [1.165, 1.54) is 11.1 Å². The summed E-state index contributed by atoms with van der Waals surface area (Å²) in [6.45, 7) is 4.98. The molecule has 0 aliphatic carbocycles. The van der Waals surface area contributed by atoms with Crippen LogP contribution in [-0.2, 0) is 13.0 Å². The van der Waals surface area contributed by atoms with E-state index in [1.54, 1.807) is 0 Å². The lowest BCUT2D eigenvalue weighted by atomic mass is 9.86. The molecule has 2 heteroatoms. The van der Waals surface area contributed by atoms with Gasteiger partial charge >= 0.3 is 0 Å². The molecule has 0 N–H and O–H groups in total. The van der Waals surface area contributed by atoms with Crippen molar-refractivity contribution < 1.29 is 0 Å². The standard InChI is InChI=1S/C12H14N2/c1-12(2)7-10-5-3-4-6-11(10)8-14(12)9-13/h3-6H,7-8H2,1-2H3. The minimum absolute atomic E-state index is 0.0386. The molecule has 0 saturated carbocycles. The van der Waals surface area contributed by atoms with Gasteiger partial charge < -0.3 is 4.90 Å². The molecule has 0 amide bonds. The van der Waals surface area contributed by atoms with Crippen molar-refractivity contribution in [2.45, 2.75) is 32.4 Å². The minimum atomic E-state index is -0.0386. The van der Waals surface area contributed by atoms with Gasteiger partial charge in [-0.2, -0.15) is 5.26 Å². The monoisotopic (exact) mass is 186 g/mol. The van der Waals surface area contributed by atoms with E-state index in [2.05, 4.69) is 38.2 Å². The molecule has 1 aromatic carbocycles. The minimum Gasteiger partial charge on any atom is -0.300 e. The van der Waals surface area contributed by atoms with Crippen LogP contribution in [0, 0.1) is 11.5 Å². The molecule has 1 aromatic rings. The first-order chi connectivity index (χ1) is 6.63. The van der Waals surface area contributed by atoms with Crippen LogP contribution in [0.3, 0.4) is 0 Å². The number of nitrogens with zero attached hydrogens (tertiary/aromatic N) is 2. The van der Waals surface area contributed by atoms with E-state index >= 15 is 0 Å². The van der Waals surface area contributed by atoms with Crippen molar-refractivity contribution in [1.82, 2.24) is 4.90 Å². The van der Waals surface area contributed by atoms with Crippen molar-refractivity contribution >= 4 is 0 Å². The molecule has 1 aliphatic rings. The lowest BCUT2D eigenvalue weighted by Gasteiger charge is -2.39. The van der Waals surface area contributed by atoms with Gasteiger partial charge in [-0.15, -0.1) is 0 Å². The summed E-state index contributed by atoms with van der Waals surface area (Å²) in [5.74, 6) is 0. The summed E-state index contributed by atoms with van der Waals surface area (Å²) in [5, 5.41) is 9.03. The molecule has 0 radical (unpaired) electrons. The molecule has 2 rings (SSSR count). The fourth-order valence-corrected chi connectivity index (χ4v) is 2.00. The predicted molar refractivity (Wildman–Crippen MR) is 55.4 cm³/mol. The first-order valence-electron chi connectivity index (χ1n) is 4.88. The lowest BCUT2D eigenvalue weighted by molar-refractivity contribution is 0.171. The molecule has 0 aromatic heterocycles. The van der Waals surface area contributed by atoms with Crippen LogP contribution in [0.5, 0.6) is 0 Å². The Labute approximate surface area is 84.8 Å². The van der Waals surface area contributed by atoms with Crippen LogP contribution in [-0.4, -0.2) is 10.4 Å². The van der Waals surface area contributed by atoms with Crippen LogP contribution >= 0.6 is 0 Å². The fraction of sp³-hybridized carbons (Fsp3) is 0.417. The maximum absolute atomic E-state index is 9.03. The van der Waals surface area contributed by atoms with Crippen LogP contribution in [0.25, 0.3) is 0 Å². The molecule has 14 heavy (non-hydrogen) atoms. The zero-order chi connectivity index (χ0) is 10.2. The van der Waals surface area contributed by atoms with Crippen LogP contribution in [0.1, 0.15) is 25.0 Å². The van der Waals surface area contributed by atoms with Gasteiger partial charge in [-0.3, -0.25) is 0 Å². The Balaban J connectivity index is 2.41. The second kappa shape index (κ2) is 3.02. The van der Waals surface area contributed by atoms with E-state index in [-0.39, 0.29) is 5.54 Å². The molecule has 2 nitrogen and oxygen atoms in total. The topological polar surface area (TPSA) is 27.0 Å². The number of nitriles is 1. The summed E-state index contributed by atoms with van der Waals surface area (Å²) >= 11 is 0. The first-order valence-corrected chi connectivity index (χ1v) is 4.88. The quantitative estimate of drug-likeness (QED) is 0.581. The van der Waals surface area contributed by atoms with Crippen LogP contribution in [0.2, 0.25) is 0 Å². The normalized spacial score (nSPS) is 18.5. The number of benzene rings is 1. The molecular formula is C12H14N2. The molecule has 1 heterocycles. The van der Waals surface area contributed by atoms with Crippen LogP contribution in [0.4, 0.5) is 0 Å². The highest BCUT2D eigenvalue weighted by molar-refractivity contribution is 5.32. The third-order valence-corrected chi connectivity index (χ3v) is 2.92. The van der Waals surface area contributed by atoms with Gasteiger partial charge in [0.2, 0.25) is 0 Å². The number of fused-ring (bicyclic) bond motifs is 1. The second-order valence-electron chi connectivity index (χ2n) is 4.44. The first kappa shape index (κ1) is 9.08. The number of hydrogen-bond donors (Lipinski definition) is 0. The van der Waals surface area contributed by atoms with Crippen molar-refractivity contribution in [2.75, 3.05) is 0 Å². The maximum atomic E-state index is 9.03. The summed E-state index contributed by atoms with van der Waals surface area (Å²) in [6.07, 6.45) is 3.22. The SMILES string of the molecule is CC1(C)Cc2ccccc2CN1C#N. The average molecular weight is 186 g/mol. The van der Waals surface area contributed by atoms with Crippen molar-refractivity contribution in [2.24, 2.45) is 0 Å².